The molecule has 2 aromatic carbocycles. The highest BCUT2D eigenvalue weighted by atomic mass is 35.5. The van der Waals surface area contributed by atoms with Crippen molar-refractivity contribution >= 4 is 23.4 Å². The van der Waals surface area contributed by atoms with Crippen LogP contribution in [0.15, 0.2) is 47.6 Å². The second-order valence-electron chi connectivity index (χ2n) is 6.14. The van der Waals surface area contributed by atoms with Crippen LogP contribution in [0.3, 0.4) is 0 Å². The Labute approximate surface area is 176 Å². The molecule has 0 saturated carbocycles. The molecule has 0 fully saturated rings. The maximum absolute atomic E-state index is 13.0. The van der Waals surface area contributed by atoms with E-state index in [1.165, 1.54) is 25.3 Å². The minimum Gasteiger partial charge on any atom is -0.451 e. The molecule has 0 aliphatic rings. The van der Waals surface area contributed by atoms with E-state index in [4.69, 9.17) is 21.3 Å². The van der Waals surface area contributed by atoms with Gasteiger partial charge in [-0.3, -0.25) is 0 Å². The number of rotatable bonds is 7. The van der Waals surface area contributed by atoms with E-state index in [-0.39, 0.29) is 10.8 Å². The summed E-state index contributed by atoms with van der Waals surface area (Å²) in [6, 6.07) is 9.65. The minimum absolute atomic E-state index is 0.152. The van der Waals surface area contributed by atoms with E-state index < -0.39 is 23.9 Å². The fourth-order valence-electron chi connectivity index (χ4n) is 2.43. The standard InChI is InChI=1S/C20H20ClF3N2O4/c1-4-17(14-6-5-7-15(10-14)20(22,23)24)29-25-12(2)13-8-9-16(21)18(11-13)30-26-19(27)28-3/h5-11,17H,4H2,1-3H3,(H,26,27). The molecule has 0 saturated heterocycles. The quantitative estimate of drug-likeness (QED) is 0.426. The molecule has 2 rings (SSSR count). The number of halogens is 4. The Morgan fingerprint density at radius 3 is 2.60 bits per heavy atom. The van der Waals surface area contributed by atoms with Crippen molar-refractivity contribution < 1.29 is 32.4 Å². The molecular formula is C20H20ClF3N2O4. The molecule has 1 amide bonds. The summed E-state index contributed by atoms with van der Waals surface area (Å²) < 4.78 is 43.3. The first-order chi connectivity index (χ1) is 14.2. The highest BCUT2D eigenvalue weighted by Gasteiger charge is 2.31. The Hall–Kier alpha value is -2.94. The Morgan fingerprint density at radius 1 is 1.23 bits per heavy atom. The van der Waals surface area contributed by atoms with Gasteiger partial charge in [-0.1, -0.05) is 41.9 Å². The number of hydrogen-bond acceptors (Lipinski definition) is 5. The normalized spacial score (nSPS) is 12.8. The topological polar surface area (TPSA) is 69.2 Å². The molecule has 0 aromatic heterocycles. The number of carbonyl (C=O) groups is 1. The first kappa shape index (κ1) is 23.3. The van der Waals surface area contributed by atoms with E-state index in [1.807, 2.05) is 5.48 Å². The summed E-state index contributed by atoms with van der Waals surface area (Å²) >= 11 is 6.03. The number of nitrogens with zero attached hydrogens (tertiary/aromatic N) is 1. The number of oxime groups is 1. The van der Waals surface area contributed by atoms with Crippen LogP contribution in [0.25, 0.3) is 0 Å². The van der Waals surface area contributed by atoms with Gasteiger partial charge in [-0.2, -0.15) is 18.7 Å². The van der Waals surface area contributed by atoms with Gasteiger partial charge in [0.05, 0.1) is 23.4 Å². The van der Waals surface area contributed by atoms with Gasteiger partial charge in [0.2, 0.25) is 0 Å². The summed E-state index contributed by atoms with van der Waals surface area (Å²) in [6.45, 7) is 3.43. The summed E-state index contributed by atoms with van der Waals surface area (Å²) in [7, 11) is 1.18. The van der Waals surface area contributed by atoms with Gasteiger partial charge in [-0.25, -0.2) is 4.79 Å². The lowest BCUT2D eigenvalue weighted by Crippen LogP contribution is -2.26. The lowest BCUT2D eigenvalue weighted by atomic mass is 10.0. The summed E-state index contributed by atoms with van der Waals surface area (Å²) in [6.07, 6.45) is -5.50. The number of nitrogens with one attached hydrogen (secondary N) is 1. The average Bonchev–Trinajstić information content (AvgIpc) is 2.72. The van der Waals surface area contributed by atoms with Crippen LogP contribution in [0.1, 0.15) is 43.1 Å². The van der Waals surface area contributed by atoms with Gasteiger partial charge in [-0.15, -0.1) is 0 Å². The number of benzene rings is 2. The molecule has 1 unspecified atom stereocenters. The molecule has 1 atom stereocenters. The summed E-state index contributed by atoms with van der Waals surface area (Å²) in [4.78, 5) is 21.7. The zero-order valence-electron chi connectivity index (χ0n) is 16.4. The van der Waals surface area contributed by atoms with Crippen LogP contribution in [-0.2, 0) is 15.8 Å². The van der Waals surface area contributed by atoms with Crippen molar-refractivity contribution in [2.24, 2.45) is 5.16 Å². The summed E-state index contributed by atoms with van der Waals surface area (Å²) in [5.41, 5.74) is 2.66. The van der Waals surface area contributed by atoms with E-state index in [0.29, 0.717) is 23.3 Å². The molecule has 0 bridgehead atoms. The fraction of sp³-hybridized carbons (Fsp3) is 0.300. The van der Waals surface area contributed by atoms with Crippen LogP contribution < -0.4 is 10.3 Å². The second-order valence-corrected chi connectivity index (χ2v) is 6.55. The first-order valence-corrected chi connectivity index (χ1v) is 9.21. The molecule has 10 heteroatoms. The van der Waals surface area contributed by atoms with E-state index in [0.717, 1.165) is 12.1 Å². The van der Waals surface area contributed by atoms with Crippen LogP contribution in [0.4, 0.5) is 18.0 Å². The number of amides is 1. The maximum atomic E-state index is 13.0. The third-order valence-corrected chi connectivity index (χ3v) is 4.36. The van der Waals surface area contributed by atoms with Gasteiger partial charge in [0.15, 0.2) is 11.9 Å². The second kappa shape index (κ2) is 10.2. The Bertz CT molecular complexity index is 919. The molecule has 6 nitrogen and oxygen atoms in total. The molecular weight excluding hydrogens is 425 g/mol. The van der Waals surface area contributed by atoms with Gasteiger partial charge in [0, 0.05) is 5.56 Å². The largest absolute Gasteiger partial charge is 0.451 e. The van der Waals surface area contributed by atoms with Crippen molar-refractivity contribution in [3.8, 4) is 5.75 Å². The van der Waals surface area contributed by atoms with Crippen LogP contribution in [-0.4, -0.2) is 18.9 Å². The van der Waals surface area contributed by atoms with Crippen LogP contribution in [0.5, 0.6) is 5.75 Å². The van der Waals surface area contributed by atoms with Crippen molar-refractivity contribution in [1.29, 1.82) is 0 Å². The molecule has 0 aliphatic heterocycles. The molecule has 0 radical (unpaired) electrons. The number of hydrogen-bond donors (Lipinski definition) is 1. The number of ether oxygens (including phenoxy) is 1. The molecule has 0 heterocycles. The number of carbonyl (C=O) groups excluding carboxylic acids is 1. The van der Waals surface area contributed by atoms with E-state index >= 15 is 0 Å². The van der Waals surface area contributed by atoms with Crippen molar-refractivity contribution in [2.45, 2.75) is 32.5 Å². The lowest BCUT2D eigenvalue weighted by molar-refractivity contribution is -0.137. The average molecular weight is 445 g/mol. The predicted octanol–water partition coefficient (Wildman–Crippen LogP) is 5.90. The Balaban J connectivity index is 2.17. The van der Waals surface area contributed by atoms with Gasteiger partial charge in [-0.05, 0) is 43.2 Å². The molecule has 162 valence electrons. The van der Waals surface area contributed by atoms with E-state index in [9.17, 15) is 18.0 Å². The number of methoxy groups -OCH3 is 1. The third kappa shape index (κ3) is 6.28. The summed E-state index contributed by atoms with van der Waals surface area (Å²) in [5.74, 6) is 0.152. The number of hydroxylamine groups is 1. The fourth-order valence-corrected chi connectivity index (χ4v) is 2.58. The van der Waals surface area contributed by atoms with Gasteiger partial charge >= 0.3 is 12.3 Å². The zero-order valence-corrected chi connectivity index (χ0v) is 17.2. The smallest absolute Gasteiger partial charge is 0.440 e. The Kier molecular flexibility index (Phi) is 7.93. The van der Waals surface area contributed by atoms with Crippen molar-refractivity contribution in [2.75, 3.05) is 7.11 Å². The zero-order chi connectivity index (χ0) is 22.3. The molecule has 2 aromatic rings. The highest BCUT2D eigenvalue weighted by molar-refractivity contribution is 6.32. The lowest BCUT2D eigenvalue weighted by Gasteiger charge is -2.16. The highest BCUT2D eigenvalue weighted by Crippen LogP contribution is 2.32. The van der Waals surface area contributed by atoms with Crippen molar-refractivity contribution in [1.82, 2.24) is 5.48 Å². The predicted molar refractivity (Wildman–Crippen MR) is 105 cm³/mol. The third-order valence-electron chi connectivity index (χ3n) is 4.05. The van der Waals surface area contributed by atoms with Crippen molar-refractivity contribution in [3.63, 3.8) is 0 Å². The first-order valence-electron chi connectivity index (χ1n) is 8.84. The Morgan fingerprint density at radius 2 is 1.97 bits per heavy atom. The van der Waals surface area contributed by atoms with Gasteiger partial charge in [0.25, 0.3) is 0 Å². The van der Waals surface area contributed by atoms with Crippen LogP contribution >= 0.6 is 11.6 Å². The molecule has 30 heavy (non-hydrogen) atoms. The maximum Gasteiger partial charge on any atom is 0.440 e. The summed E-state index contributed by atoms with van der Waals surface area (Å²) in [5, 5.41) is 4.28. The van der Waals surface area contributed by atoms with E-state index in [1.54, 1.807) is 26.0 Å². The monoisotopic (exact) mass is 444 g/mol. The van der Waals surface area contributed by atoms with E-state index in [2.05, 4.69) is 9.89 Å². The van der Waals surface area contributed by atoms with Crippen LogP contribution in [0.2, 0.25) is 5.02 Å². The minimum atomic E-state index is -4.44. The SMILES string of the molecule is CCC(ON=C(C)c1ccc(Cl)c(ONC(=O)OC)c1)c1cccc(C(F)(F)F)c1. The van der Waals surface area contributed by atoms with Crippen molar-refractivity contribution in [3.05, 3.63) is 64.2 Å². The number of alkyl halides is 3. The molecule has 1 N–H and O–H groups in total. The van der Waals surface area contributed by atoms with Crippen LogP contribution in [0, 0.1) is 0 Å². The van der Waals surface area contributed by atoms with Gasteiger partial charge in [0.1, 0.15) is 0 Å². The molecule has 0 spiro atoms. The van der Waals surface area contributed by atoms with Gasteiger partial charge < -0.3 is 14.4 Å². The molecule has 0 aliphatic carbocycles.